The molecule has 1 atom stereocenters. The molecule has 43 heavy (non-hydrogen) atoms. The van der Waals surface area contributed by atoms with Crippen molar-refractivity contribution in [3.05, 3.63) is 65.2 Å². The van der Waals surface area contributed by atoms with Crippen LogP contribution in [-0.4, -0.2) is 90.1 Å². The number of nitrogens with zero attached hydrogens (tertiary/aromatic N) is 2. The zero-order valence-electron chi connectivity index (χ0n) is 22.9. The Balaban J connectivity index is 0.000000646. The van der Waals surface area contributed by atoms with E-state index < -0.39 is 30.1 Å². The molecule has 2 amide bonds. The number of halogens is 3. The number of anilines is 1. The number of methoxy groups -OCH3 is 1. The molecule has 0 fully saturated rings. The molecule has 15 heteroatoms. The molecule has 230 valence electrons. The van der Waals surface area contributed by atoms with Gasteiger partial charge in [-0.05, 0) is 41.1 Å². The first-order valence-corrected chi connectivity index (χ1v) is 12.5. The quantitative estimate of drug-likeness (QED) is 0.312. The number of carboxylic acid groups (broad SMARTS) is 2. The maximum absolute atomic E-state index is 13.4. The monoisotopic (exact) mass is 607 g/mol. The van der Waals surface area contributed by atoms with Crippen LogP contribution in [-0.2, 0) is 16.1 Å². The van der Waals surface area contributed by atoms with E-state index in [1.165, 1.54) is 23.0 Å². The normalized spacial score (nSPS) is 14.5. The number of likely N-dealkylation sites (N-methyl/N-ethyl adjacent to an activating group) is 1. The van der Waals surface area contributed by atoms with Gasteiger partial charge in [0.2, 0.25) is 5.91 Å². The maximum atomic E-state index is 13.4. The van der Waals surface area contributed by atoms with Gasteiger partial charge in [0.1, 0.15) is 18.4 Å². The number of aliphatic hydroxyl groups is 1. The predicted octanol–water partition coefficient (Wildman–Crippen LogP) is 2.50. The summed E-state index contributed by atoms with van der Waals surface area (Å²) < 4.78 is 43.2. The van der Waals surface area contributed by atoms with Crippen LogP contribution in [0.2, 0.25) is 0 Å². The lowest BCUT2D eigenvalue weighted by Crippen LogP contribution is -2.45. The number of alkyl halides is 3. The number of amides is 2. The van der Waals surface area contributed by atoms with Crippen LogP contribution in [0.4, 0.5) is 18.9 Å². The van der Waals surface area contributed by atoms with Crippen molar-refractivity contribution in [1.29, 1.82) is 0 Å². The van der Waals surface area contributed by atoms with Crippen molar-refractivity contribution in [2.45, 2.75) is 18.8 Å². The Hall–Kier alpha value is -4.89. The largest absolute Gasteiger partial charge is 0.496 e. The van der Waals surface area contributed by atoms with E-state index in [0.717, 1.165) is 0 Å². The molecule has 3 aromatic rings. The molecule has 0 aromatic heterocycles. The number of carbonyl (C=O) groups is 4. The van der Waals surface area contributed by atoms with Crippen molar-refractivity contribution < 1.29 is 57.1 Å². The van der Waals surface area contributed by atoms with E-state index in [0.29, 0.717) is 27.8 Å². The number of hydrogen-bond acceptors (Lipinski definition) is 8. The summed E-state index contributed by atoms with van der Waals surface area (Å²) in [6.07, 6.45) is -5.08. The SMILES string of the molecule is COc1ccc2cc(C(=O)O)ccc2c1CN1C(=O)C(N)COc2c(C(=O)N(C)CCO)cccc21.O=C(O)C(F)(F)F. The molecular formula is C28H28F3N3O9. The number of ether oxygens (including phenoxy) is 2. The third kappa shape index (κ3) is 7.31. The van der Waals surface area contributed by atoms with Crippen LogP contribution in [0.3, 0.4) is 0 Å². The summed E-state index contributed by atoms with van der Waals surface area (Å²) in [6.45, 7) is -0.140. The molecule has 3 aromatic carbocycles. The third-order valence-corrected chi connectivity index (χ3v) is 6.40. The van der Waals surface area contributed by atoms with E-state index in [1.54, 1.807) is 49.5 Å². The number of aromatic carboxylic acids is 1. The van der Waals surface area contributed by atoms with E-state index >= 15 is 0 Å². The van der Waals surface area contributed by atoms with Crippen molar-refractivity contribution in [2.24, 2.45) is 5.73 Å². The van der Waals surface area contributed by atoms with E-state index in [9.17, 15) is 37.8 Å². The molecule has 12 nitrogen and oxygen atoms in total. The first-order valence-electron chi connectivity index (χ1n) is 12.5. The number of carboxylic acids is 2. The van der Waals surface area contributed by atoms with Gasteiger partial charge in [-0.1, -0.05) is 18.2 Å². The van der Waals surface area contributed by atoms with Gasteiger partial charge in [-0.15, -0.1) is 0 Å². The van der Waals surface area contributed by atoms with Gasteiger partial charge < -0.3 is 40.3 Å². The first kappa shape index (κ1) is 32.6. The summed E-state index contributed by atoms with van der Waals surface area (Å²) in [7, 11) is 3.08. The molecule has 0 spiro atoms. The standard InChI is InChI=1S/C26H27N3O7.C2HF3O2/c1-28(10-11-30)24(31)18-4-3-5-21-23(18)36-14-20(27)25(32)29(21)13-19-17-8-6-16(26(33)34)12-15(17)7-9-22(19)35-2;3-2(4,5)1(6)7/h3-9,12,20,30H,10-11,13-14,27H2,1-2H3,(H,33,34);(H,6,7). The van der Waals surface area contributed by atoms with Crippen LogP contribution < -0.4 is 20.1 Å². The minimum Gasteiger partial charge on any atom is -0.496 e. The molecule has 1 aliphatic rings. The Kier molecular flexibility index (Phi) is 10.2. The summed E-state index contributed by atoms with van der Waals surface area (Å²) >= 11 is 0. The summed E-state index contributed by atoms with van der Waals surface area (Å²) in [5.74, 6) is -3.84. The minimum absolute atomic E-state index is 0.0416. The van der Waals surface area contributed by atoms with Crippen molar-refractivity contribution in [3.63, 3.8) is 0 Å². The summed E-state index contributed by atoms with van der Waals surface area (Å²) in [5, 5.41) is 27.1. The van der Waals surface area contributed by atoms with E-state index in [2.05, 4.69) is 0 Å². The zero-order valence-corrected chi connectivity index (χ0v) is 22.9. The fraction of sp³-hybridized carbons (Fsp3) is 0.286. The molecule has 0 saturated heterocycles. The van der Waals surface area contributed by atoms with Crippen LogP contribution in [0.5, 0.6) is 11.5 Å². The Morgan fingerprint density at radius 1 is 1.14 bits per heavy atom. The number of fused-ring (bicyclic) bond motifs is 2. The van der Waals surface area contributed by atoms with Gasteiger partial charge in [0.25, 0.3) is 5.91 Å². The Bertz CT molecular complexity index is 1550. The van der Waals surface area contributed by atoms with Crippen LogP contribution in [0.1, 0.15) is 26.3 Å². The molecule has 0 radical (unpaired) electrons. The second kappa shape index (κ2) is 13.4. The number of carbonyl (C=O) groups excluding carboxylic acids is 2. The van der Waals surface area contributed by atoms with Gasteiger partial charge in [-0.25, -0.2) is 9.59 Å². The highest BCUT2D eigenvalue weighted by atomic mass is 19.4. The molecule has 1 heterocycles. The number of hydrogen-bond donors (Lipinski definition) is 4. The van der Waals surface area contributed by atoms with Crippen molar-refractivity contribution in [1.82, 2.24) is 4.90 Å². The fourth-order valence-electron chi connectivity index (χ4n) is 4.26. The number of aliphatic carboxylic acids is 1. The lowest BCUT2D eigenvalue weighted by Gasteiger charge is -2.26. The van der Waals surface area contributed by atoms with Crippen molar-refractivity contribution >= 4 is 40.2 Å². The predicted molar refractivity (Wildman–Crippen MR) is 146 cm³/mol. The highest BCUT2D eigenvalue weighted by molar-refractivity contribution is 6.05. The average molecular weight is 608 g/mol. The van der Waals surface area contributed by atoms with E-state index in [1.807, 2.05) is 0 Å². The highest BCUT2D eigenvalue weighted by Gasteiger charge is 2.38. The number of benzene rings is 3. The van der Waals surface area contributed by atoms with Crippen LogP contribution in [0, 0.1) is 0 Å². The summed E-state index contributed by atoms with van der Waals surface area (Å²) in [6, 6.07) is 12.1. The second-order valence-corrected chi connectivity index (χ2v) is 9.24. The summed E-state index contributed by atoms with van der Waals surface area (Å²) in [5.41, 5.74) is 7.53. The smallest absolute Gasteiger partial charge is 0.490 e. The Labute approximate surface area is 242 Å². The molecule has 1 aliphatic heterocycles. The first-order chi connectivity index (χ1) is 20.2. The van der Waals surface area contributed by atoms with Crippen molar-refractivity contribution in [2.75, 3.05) is 38.8 Å². The molecule has 5 N–H and O–H groups in total. The third-order valence-electron chi connectivity index (χ3n) is 6.40. The van der Waals surface area contributed by atoms with Gasteiger partial charge in [0.05, 0.1) is 37.1 Å². The van der Waals surface area contributed by atoms with Gasteiger partial charge in [-0.2, -0.15) is 13.2 Å². The number of nitrogens with two attached hydrogens (primary N) is 1. The minimum atomic E-state index is -5.08. The summed E-state index contributed by atoms with van der Waals surface area (Å²) in [4.78, 5) is 49.6. The lowest BCUT2D eigenvalue weighted by atomic mass is 10.00. The fourth-order valence-corrected chi connectivity index (χ4v) is 4.26. The highest BCUT2D eigenvalue weighted by Crippen LogP contribution is 2.38. The number of rotatable bonds is 7. The number of aliphatic hydroxyl groups excluding tert-OH is 1. The van der Waals surface area contributed by atoms with Gasteiger partial charge in [-0.3, -0.25) is 9.59 Å². The zero-order chi connectivity index (χ0) is 32.1. The molecular weight excluding hydrogens is 579 g/mol. The van der Waals surface area contributed by atoms with Crippen LogP contribution in [0.25, 0.3) is 10.8 Å². The average Bonchev–Trinajstić information content (AvgIpc) is 3.08. The maximum Gasteiger partial charge on any atom is 0.490 e. The molecule has 0 bridgehead atoms. The molecule has 0 saturated carbocycles. The lowest BCUT2D eigenvalue weighted by molar-refractivity contribution is -0.192. The molecule has 4 rings (SSSR count). The van der Waals surface area contributed by atoms with Crippen molar-refractivity contribution in [3.8, 4) is 11.5 Å². The van der Waals surface area contributed by atoms with E-state index in [4.69, 9.17) is 25.1 Å². The number of para-hydroxylation sites is 1. The van der Waals surface area contributed by atoms with Gasteiger partial charge >= 0.3 is 18.1 Å². The topological polar surface area (TPSA) is 180 Å². The molecule has 1 unspecified atom stereocenters. The van der Waals surface area contributed by atoms with Crippen LogP contribution >= 0.6 is 0 Å². The van der Waals surface area contributed by atoms with E-state index in [-0.39, 0.29) is 49.1 Å². The molecule has 0 aliphatic carbocycles. The Morgan fingerprint density at radius 3 is 2.40 bits per heavy atom. The van der Waals surface area contributed by atoms with Gasteiger partial charge in [0, 0.05) is 19.2 Å². The van der Waals surface area contributed by atoms with Gasteiger partial charge in [0.15, 0.2) is 5.75 Å². The van der Waals surface area contributed by atoms with Crippen LogP contribution in [0.15, 0.2) is 48.5 Å². The second-order valence-electron chi connectivity index (χ2n) is 9.24. The Morgan fingerprint density at radius 2 is 1.81 bits per heavy atom.